The van der Waals surface area contributed by atoms with Crippen LogP contribution in [0.5, 0.6) is 0 Å². The lowest BCUT2D eigenvalue weighted by atomic mass is 9.99. The van der Waals surface area contributed by atoms with Crippen LogP contribution in [0.25, 0.3) is 0 Å². The molecule has 0 saturated heterocycles. The van der Waals surface area contributed by atoms with Gasteiger partial charge in [0.1, 0.15) is 6.04 Å². The van der Waals surface area contributed by atoms with E-state index in [1.54, 1.807) is 0 Å². The molecular weight excluding hydrogens is 144 g/mol. The molecule has 0 amide bonds. The standard InChI is InChI=1S/C7H10N2O2/c8-4-7(1-2-7)3-5(9)6(10)11/h5H,1-3,9H2,(H,10,11)/t5-/m1/s1. The molecule has 0 aromatic rings. The monoisotopic (exact) mass is 154 g/mol. The van der Waals surface area contributed by atoms with E-state index in [0.717, 1.165) is 12.8 Å². The zero-order valence-corrected chi connectivity index (χ0v) is 6.08. The maximum Gasteiger partial charge on any atom is 0.320 e. The summed E-state index contributed by atoms with van der Waals surface area (Å²) in [5.74, 6) is -1.02. The molecule has 0 aromatic heterocycles. The third kappa shape index (κ3) is 1.69. The predicted molar refractivity (Wildman–Crippen MR) is 37.5 cm³/mol. The molecule has 0 radical (unpaired) electrons. The summed E-state index contributed by atoms with van der Waals surface area (Å²) in [6.45, 7) is 0. The fourth-order valence-electron chi connectivity index (χ4n) is 1.02. The molecule has 11 heavy (non-hydrogen) atoms. The van der Waals surface area contributed by atoms with Gasteiger partial charge in [0.05, 0.1) is 11.5 Å². The number of aliphatic carboxylic acids is 1. The first-order valence-electron chi connectivity index (χ1n) is 3.49. The van der Waals surface area contributed by atoms with E-state index in [0.29, 0.717) is 6.42 Å². The topological polar surface area (TPSA) is 87.1 Å². The van der Waals surface area contributed by atoms with Crippen molar-refractivity contribution in [2.75, 3.05) is 0 Å². The highest BCUT2D eigenvalue weighted by atomic mass is 16.4. The average molecular weight is 154 g/mol. The highest BCUT2D eigenvalue weighted by Crippen LogP contribution is 2.48. The van der Waals surface area contributed by atoms with Crippen molar-refractivity contribution in [2.24, 2.45) is 11.1 Å². The zero-order chi connectivity index (χ0) is 8.48. The largest absolute Gasteiger partial charge is 0.480 e. The Hall–Kier alpha value is -1.08. The molecule has 1 saturated carbocycles. The Morgan fingerprint density at radius 3 is 2.64 bits per heavy atom. The molecule has 0 spiro atoms. The fourth-order valence-corrected chi connectivity index (χ4v) is 1.02. The van der Waals surface area contributed by atoms with Gasteiger partial charge in [-0.3, -0.25) is 4.79 Å². The number of nitrogens with zero attached hydrogens (tertiary/aromatic N) is 1. The Bertz CT molecular complexity index is 215. The second-order valence-corrected chi connectivity index (χ2v) is 3.04. The van der Waals surface area contributed by atoms with Crippen LogP contribution in [0.4, 0.5) is 0 Å². The lowest BCUT2D eigenvalue weighted by Crippen LogP contribution is -2.32. The molecule has 1 fully saturated rings. The quantitative estimate of drug-likeness (QED) is 0.603. The fraction of sp³-hybridized carbons (Fsp3) is 0.714. The molecular formula is C7H10N2O2. The number of nitriles is 1. The summed E-state index contributed by atoms with van der Waals surface area (Å²) in [7, 11) is 0. The minimum atomic E-state index is -1.02. The van der Waals surface area contributed by atoms with E-state index in [9.17, 15) is 4.79 Å². The van der Waals surface area contributed by atoms with Crippen molar-refractivity contribution in [3.63, 3.8) is 0 Å². The maximum absolute atomic E-state index is 10.3. The van der Waals surface area contributed by atoms with Crippen LogP contribution in [-0.2, 0) is 4.79 Å². The Balaban J connectivity index is 2.43. The number of rotatable bonds is 3. The van der Waals surface area contributed by atoms with Gasteiger partial charge in [0.25, 0.3) is 0 Å². The van der Waals surface area contributed by atoms with Crippen molar-refractivity contribution in [1.82, 2.24) is 0 Å². The Kier molecular flexibility index (Phi) is 1.83. The number of hydrogen-bond donors (Lipinski definition) is 2. The van der Waals surface area contributed by atoms with Crippen LogP contribution >= 0.6 is 0 Å². The molecule has 0 aromatic carbocycles. The van der Waals surface area contributed by atoms with Crippen LogP contribution in [0, 0.1) is 16.7 Å². The molecule has 60 valence electrons. The molecule has 1 aliphatic carbocycles. The number of carboxylic acid groups (broad SMARTS) is 1. The molecule has 1 aliphatic rings. The smallest absolute Gasteiger partial charge is 0.320 e. The Morgan fingerprint density at radius 1 is 1.82 bits per heavy atom. The van der Waals surface area contributed by atoms with Gasteiger partial charge >= 0.3 is 5.97 Å². The van der Waals surface area contributed by atoms with E-state index in [1.165, 1.54) is 0 Å². The van der Waals surface area contributed by atoms with Crippen molar-refractivity contribution < 1.29 is 9.90 Å². The lowest BCUT2D eigenvalue weighted by molar-refractivity contribution is -0.138. The van der Waals surface area contributed by atoms with Gasteiger partial charge in [0.2, 0.25) is 0 Å². The summed E-state index contributed by atoms with van der Waals surface area (Å²) >= 11 is 0. The van der Waals surface area contributed by atoms with E-state index in [2.05, 4.69) is 6.07 Å². The minimum Gasteiger partial charge on any atom is -0.480 e. The normalized spacial score (nSPS) is 21.8. The van der Waals surface area contributed by atoms with Crippen LogP contribution in [0.1, 0.15) is 19.3 Å². The van der Waals surface area contributed by atoms with Gasteiger partial charge < -0.3 is 10.8 Å². The van der Waals surface area contributed by atoms with Gasteiger partial charge in [-0.15, -0.1) is 0 Å². The highest BCUT2D eigenvalue weighted by Gasteiger charge is 2.45. The summed E-state index contributed by atoms with van der Waals surface area (Å²) < 4.78 is 0. The predicted octanol–water partition coefficient (Wildman–Crippen LogP) is 0.0922. The second kappa shape index (κ2) is 2.51. The molecule has 0 bridgehead atoms. The molecule has 0 heterocycles. The van der Waals surface area contributed by atoms with Crippen LogP contribution in [-0.4, -0.2) is 17.1 Å². The number of carboxylic acids is 1. The molecule has 4 nitrogen and oxygen atoms in total. The summed E-state index contributed by atoms with van der Waals surface area (Å²) in [6.07, 6.45) is 1.88. The van der Waals surface area contributed by atoms with E-state index >= 15 is 0 Å². The van der Waals surface area contributed by atoms with Crippen LogP contribution in [0.2, 0.25) is 0 Å². The number of carbonyl (C=O) groups is 1. The summed E-state index contributed by atoms with van der Waals surface area (Å²) in [5, 5.41) is 17.0. The van der Waals surface area contributed by atoms with Gasteiger partial charge in [-0.1, -0.05) is 0 Å². The van der Waals surface area contributed by atoms with Gasteiger partial charge in [-0.25, -0.2) is 0 Å². The number of hydrogen-bond acceptors (Lipinski definition) is 3. The SMILES string of the molecule is N#CC1(C[C@@H](N)C(=O)O)CC1. The first-order valence-corrected chi connectivity index (χ1v) is 3.49. The Labute approximate surface area is 64.6 Å². The second-order valence-electron chi connectivity index (χ2n) is 3.04. The average Bonchev–Trinajstić information content (AvgIpc) is 2.69. The van der Waals surface area contributed by atoms with Crippen molar-refractivity contribution >= 4 is 5.97 Å². The summed E-state index contributed by atoms with van der Waals surface area (Å²) in [4.78, 5) is 10.3. The maximum atomic E-state index is 10.3. The van der Waals surface area contributed by atoms with Crippen molar-refractivity contribution in [2.45, 2.75) is 25.3 Å². The van der Waals surface area contributed by atoms with E-state index in [1.807, 2.05) is 0 Å². The third-order valence-electron chi connectivity index (χ3n) is 2.02. The van der Waals surface area contributed by atoms with Crippen LogP contribution in [0.3, 0.4) is 0 Å². The molecule has 4 heteroatoms. The van der Waals surface area contributed by atoms with Gasteiger partial charge in [0.15, 0.2) is 0 Å². The molecule has 1 rings (SSSR count). The Morgan fingerprint density at radius 2 is 2.36 bits per heavy atom. The minimum absolute atomic E-state index is 0.291. The van der Waals surface area contributed by atoms with Crippen molar-refractivity contribution in [1.29, 1.82) is 5.26 Å². The molecule has 0 unspecified atom stereocenters. The van der Waals surface area contributed by atoms with Gasteiger partial charge in [0, 0.05) is 0 Å². The zero-order valence-electron chi connectivity index (χ0n) is 6.08. The van der Waals surface area contributed by atoms with Crippen LogP contribution in [0.15, 0.2) is 0 Å². The first-order chi connectivity index (χ1) is 5.09. The van der Waals surface area contributed by atoms with Gasteiger partial charge in [-0.05, 0) is 19.3 Å². The van der Waals surface area contributed by atoms with Gasteiger partial charge in [-0.2, -0.15) is 5.26 Å². The van der Waals surface area contributed by atoms with E-state index in [4.69, 9.17) is 16.1 Å². The van der Waals surface area contributed by atoms with Crippen LogP contribution < -0.4 is 5.73 Å². The van der Waals surface area contributed by atoms with Crippen molar-refractivity contribution in [3.8, 4) is 6.07 Å². The van der Waals surface area contributed by atoms with E-state index < -0.39 is 17.4 Å². The van der Waals surface area contributed by atoms with Crippen molar-refractivity contribution in [3.05, 3.63) is 0 Å². The number of nitrogens with two attached hydrogens (primary N) is 1. The van der Waals surface area contributed by atoms with E-state index in [-0.39, 0.29) is 0 Å². The summed E-state index contributed by atoms with van der Waals surface area (Å²) in [5.41, 5.74) is 4.86. The molecule has 0 aliphatic heterocycles. The molecule has 3 N–H and O–H groups in total. The first kappa shape index (κ1) is 8.02. The lowest BCUT2D eigenvalue weighted by Gasteiger charge is -2.08. The highest BCUT2D eigenvalue weighted by molar-refractivity contribution is 5.73. The summed E-state index contributed by atoms with van der Waals surface area (Å²) in [6, 6.07) is 1.22. The molecule has 1 atom stereocenters. The third-order valence-corrected chi connectivity index (χ3v) is 2.02.